The zero-order valence-corrected chi connectivity index (χ0v) is 31.0. The lowest BCUT2D eigenvalue weighted by Crippen LogP contribution is -2.50. The Hall–Kier alpha value is -3.06. The molecule has 8 fully saturated rings. The minimum atomic E-state index is 0.480. The summed E-state index contributed by atoms with van der Waals surface area (Å²) in [7, 11) is 1.69. The van der Waals surface area contributed by atoms with Gasteiger partial charge in [0.25, 0.3) is 0 Å². The Bertz CT molecular complexity index is 1900. The number of hydrogen-bond donors (Lipinski definition) is 0. The van der Waals surface area contributed by atoms with E-state index in [2.05, 4.69) is 107 Å². The number of benzene rings is 3. The fourth-order valence-corrected chi connectivity index (χ4v) is 17.3. The van der Waals surface area contributed by atoms with Crippen LogP contribution in [0.15, 0.2) is 97.2 Å². The summed E-state index contributed by atoms with van der Waals surface area (Å²) in [5.41, 5.74) is 8.08. The highest BCUT2D eigenvalue weighted by atomic mass is 31.1. The van der Waals surface area contributed by atoms with E-state index in [1.54, 1.807) is 5.30 Å². The summed E-state index contributed by atoms with van der Waals surface area (Å²) in [6, 6.07) is 32.5. The Kier molecular flexibility index (Phi) is 7.17. The van der Waals surface area contributed by atoms with Crippen molar-refractivity contribution in [3.05, 3.63) is 97.2 Å². The molecular formula is C44H48N4P2. The molecular weight excluding hydrogens is 646 g/mol. The second-order valence-electron chi connectivity index (χ2n) is 17.5. The van der Waals surface area contributed by atoms with E-state index >= 15 is 0 Å². The first-order valence-corrected chi connectivity index (χ1v) is 21.5. The lowest BCUT2D eigenvalue weighted by atomic mass is 9.56. The Morgan fingerprint density at radius 2 is 0.980 bits per heavy atom. The Balaban J connectivity index is 1.10. The number of para-hydroxylation sites is 1. The van der Waals surface area contributed by atoms with Crippen LogP contribution in [0.25, 0.3) is 33.9 Å². The number of nitrogens with zero attached hydrogens (tertiary/aromatic N) is 4. The summed E-state index contributed by atoms with van der Waals surface area (Å²) < 4.78 is 4.50. The maximum absolute atomic E-state index is 5.82. The lowest BCUT2D eigenvalue weighted by molar-refractivity contribution is 0.0369. The van der Waals surface area contributed by atoms with Crippen molar-refractivity contribution in [3.8, 4) is 33.9 Å². The highest BCUT2D eigenvalue weighted by Gasteiger charge is 2.53. The third kappa shape index (κ3) is 5.22. The molecule has 50 heavy (non-hydrogen) atoms. The molecule has 0 N–H and O–H groups in total. The Morgan fingerprint density at radius 1 is 0.520 bits per heavy atom. The number of aromatic nitrogens is 4. The van der Waals surface area contributed by atoms with Gasteiger partial charge in [-0.2, -0.15) is 10.2 Å². The van der Waals surface area contributed by atoms with E-state index in [0.29, 0.717) is 10.3 Å². The van der Waals surface area contributed by atoms with Crippen molar-refractivity contribution < 1.29 is 0 Å². The van der Waals surface area contributed by atoms with E-state index in [-0.39, 0.29) is 0 Å². The normalized spacial score (nSPS) is 33.8. The second-order valence-corrected chi connectivity index (χ2v) is 21.1. The summed E-state index contributed by atoms with van der Waals surface area (Å²) in [5.74, 6) is 5.79. The molecule has 13 rings (SSSR count). The van der Waals surface area contributed by atoms with Crippen LogP contribution in [-0.4, -0.2) is 29.9 Å². The van der Waals surface area contributed by atoms with Crippen molar-refractivity contribution in [2.45, 2.75) is 87.4 Å². The first kappa shape index (κ1) is 30.6. The number of rotatable bonds is 8. The van der Waals surface area contributed by atoms with Gasteiger partial charge in [-0.25, -0.2) is 9.36 Å². The van der Waals surface area contributed by atoms with Crippen LogP contribution in [0.5, 0.6) is 0 Å². The summed E-state index contributed by atoms with van der Waals surface area (Å²) in [5, 5.41) is 13.9. The van der Waals surface area contributed by atoms with E-state index in [1.807, 2.05) is 0 Å². The van der Waals surface area contributed by atoms with Gasteiger partial charge in [0.1, 0.15) is 17.1 Å². The average Bonchev–Trinajstić information content (AvgIpc) is 3.69. The smallest absolute Gasteiger partial charge is 0.119 e. The fraction of sp³-hybridized carbons (Fsp3) is 0.455. The zero-order valence-electron chi connectivity index (χ0n) is 29.0. The van der Waals surface area contributed by atoms with Crippen LogP contribution in [0.1, 0.15) is 77.0 Å². The predicted molar refractivity (Wildman–Crippen MR) is 209 cm³/mol. The van der Waals surface area contributed by atoms with Crippen molar-refractivity contribution in [2.24, 2.45) is 35.5 Å². The van der Waals surface area contributed by atoms with E-state index in [0.717, 1.165) is 81.0 Å². The molecule has 6 heteroatoms. The summed E-state index contributed by atoms with van der Waals surface area (Å²) >= 11 is 0. The van der Waals surface area contributed by atoms with Gasteiger partial charge in [-0.3, -0.25) is 0 Å². The van der Waals surface area contributed by atoms with Crippen LogP contribution >= 0.6 is 17.2 Å². The third-order valence-electron chi connectivity index (χ3n) is 13.8. The zero-order chi connectivity index (χ0) is 32.9. The first-order chi connectivity index (χ1) is 24.6. The van der Waals surface area contributed by atoms with Gasteiger partial charge in [0.15, 0.2) is 0 Å². The molecule has 8 saturated carbocycles. The summed E-state index contributed by atoms with van der Waals surface area (Å²) in [6.07, 6.45) is 20.2. The monoisotopic (exact) mass is 694 g/mol. The van der Waals surface area contributed by atoms with Crippen molar-refractivity contribution in [3.63, 3.8) is 0 Å². The molecule has 8 aliphatic carbocycles. The van der Waals surface area contributed by atoms with Gasteiger partial charge in [-0.15, -0.1) is 0 Å². The molecule has 254 valence electrons. The van der Waals surface area contributed by atoms with Crippen LogP contribution < -0.4 is 10.7 Å². The molecule has 0 saturated heterocycles. The van der Waals surface area contributed by atoms with Crippen LogP contribution in [0.4, 0.5) is 0 Å². The minimum Gasteiger partial charge on any atom is -0.235 e. The first-order valence-electron chi connectivity index (χ1n) is 19.5. The Labute approximate surface area is 300 Å². The lowest BCUT2D eigenvalue weighted by Gasteiger charge is -2.57. The van der Waals surface area contributed by atoms with Crippen molar-refractivity contribution in [1.82, 2.24) is 19.6 Å². The molecule has 0 aliphatic heterocycles. The van der Waals surface area contributed by atoms with E-state index in [9.17, 15) is 0 Å². The fourth-order valence-electron chi connectivity index (χ4n) is 12.8. The Morgan fingerprint density at radius 3 is 1.50 bits per heavy atom. The van der Waals surface area contributed by atoms with Gasteiger partial charge in [0, 0.05) is 22.6 Å². The third-order valence-corrected chi connectivity index (χ3v) is 17.5. The molecule has 0 amide bonds. The van der Waals surface area contributed by atoms with Crippen molar-refractivity contribution in [1.29, 1.82) is 0 Å². The highest BCUT2D eigenvalue weighted by Crippen LogP contribution is 2.64. The van der Waals surface area contributed by atoms with Crippen LogP contribution in [0, 0.1) is 35.5 Å². The van der Waals surface area contributed by atoms with E-state index in [4.69, 9.17) is 10.2 Å². The van der Waals surface area contributed by atoms with Crippen LogP contribution in [-0.2, 0) is 0 Å². The molecule has 2 aromatic heterocycles. The molecule has 4 nitrogen and oxygen atoms in total. The predicted octanol–water partition coefficient (Wildman–Crippen LogP) is 9.94. The molecule has 2 unspecified atom stereocenters. The minimum absolute atomic E-state index is 0.480. The molecule has 0 spiro atoms. The molecule has 2 atom stereocenters. The van der Waals surface area contributed by atoms with Crippen LogP contribution in [0.2, 0.25) is 0 Å². The topological polar surface area (TPSA) is 35.6 Å². The molecule has 8 bridgehead atoms. The van der Waals surface area contributed by atoms with Crippen molar-refractivity contribution in [2.75, 3.05) is 0 Å². The van der Waals surface area contributed by atoms with Crippen LogP contribution in [0.3, 0.4) is 0 Å². The molecule has 3 aromatic carbocycles. The summed E-state index contributed by atoms with van der Waals surface area (Å²) in [4.78, 5) is 0. The number of hydrogen-bond acceptors (Lipinski definition) is 2. The van der Waals surface area contributed by atoms with E-state index < -0.39 is 0 Å². The quantitative estimate of drug-likeness (QED) is 0.152. The summed E-state index contributed by atoms with van der Waals surface area (Å²) in [6.45, 7) is 0. The van der Waals surface area contributed by atoms with Crippen molar-refractivity contribution >= 4 is 27.9 Å². The van der Waals surface area contributed by atoms with Gasteiger partial charge >= 0.3 is 0 Å². The molecule has 2 heterocycles. The highest BCUT2D eigenvalue weighted by molar-refractivity contribution is 7.56. The molecule has 8 aliphatic rings. The maximum Gasteiger partial charge on any atom is 0.119 e. The van der Waals surface area contributed by atoms with Gasteiger partial charge in [-0.05, 0) is 135 Å². The standard InChI is InChI=1S/C44H48N4P2/c1-4-10-35(11-5-1)39-41(40(36-12-6-2-7-13-36)48(45-39)37-14-8-3-9-15-37)47-28-38(49-43-22-29-16-30(23-43)18-31(17-29)24-43)42(46-47)50-44-25-32-19-33(26-44)21-34(20-32)27-44/h1-15,28-34,49-50H,16-27H2. The van der Waals surface area contributed by atoms with Gasteiger partial charge in [-0.1, -0.05) is 96.0 Å². The van der Waals surface area contributed by atoms with Gasteiger partial charge < -0.3 is 0 Å². The van der Waals surface area contributed by atoms with Gasteiger partial charge in [0.05, 0.1) is 11.1 Å². The van der Waals surface area contributed by atoms with E-state index in [1.165, 1.54) is 88.0 Å². The largest absolute Gasteiger partial charge is 0.235 e. The SMILES string of the molecule is c1ccc(-c2nn(-c3ccccc3)c(-c3ccccc3)c2-n2cc(PC34CC5CC(CC(C5)C3)C4)c(PC34CC5CC(CC(C5)C3)C4)n2)cc1. The average molecular weight is 695 g/mol. The maximum atomic E-state index is 5.82. The second kappa shape index (κ2) is 11.7. The molecule has 5 aromatic rings. The van der Waals surface area contributed by atoms with Gasteiger partial charge in [0.2, 0.25) is 0 Å². The molecule has 0 radical (unpaired) electrons.